The fourth-order valence-electron chi connectivity index (χ4n) is 5.33. The van der Waals surface area contributed by atoms with Gasteiger partial charge in [0.05, 0.1) is 19.9 Å². The molecular formula is C28H39N3O5S. The second-order valence-corrected chi connectivity index (χ2v) is 11.7. The Bertz CT molecular complexity index is 1170. The van der Waals surface area contributed by atoms with E-state index in [0.29, 0.717) is 41.6 Å². The molecule has 0 aromatic heterocycles. The minimum Gasteiger partial charge on any atom is -0.493 e. The number of nitrogens with zero attached hydrogens (tertiary/aromatic N) is 1. The van der Waals surface area contributed by atoms with E-state index in [2.05, 4.69) is 14.9 Å². The highest BCUT2D eigenvalue weighted by Crippen LogP contribution is 2.32. The van der Waals surface area contributed by atoms with Gasteiger partial charge in [0.15, 0.2) is 11.5 Å². The highest BCUT2D eigenvalue weighted by molar-refractivity contribution is 7.89. The molecule has 37 heavy (non-hydrogen) atoms. The molecule has 0 unspecified atom stereocenters. The van der Waals surface area contributed by atoms with Gasteiger partial charge in [-0.2, -0.15) is 0 Å². The number of benzene rings is 2. The maximum Gasteiger partial charge on any atom is 0.242 e. The Hall–Kier alpha value is -2.78. The molecule has 0 bridgehead atoms. The van der Waals surface area contributed by atoms with Crippen LogP contribution in [0.15, 0.2) is 41.3 Å². The fraction of sp³-hybridized carbons (Fsp3) is 0.536. The fourth-order valence-corrected chi connectivity index (χ4v) is 6.61. The number of carbonyl (C=O) groups excluding carboxylic acids is 1. The van der Waals surface area contributed by atoms with Crippen molar-refractivity contribution in [2.75, 3.05) is 44.1 Å². The van der Waals surface area contributed by atoms with Gasteiger partial charge in [-0.1, -0.05) is 31.7 Å². The zero-order valence-electron chi connectivity index (χ0n) is 21.9. The van der Waals surface area contributed by atoms with E-state index in [1.807, 2.05) is 30.3 Å². The van der Waals surface area contributed by atoms with Gasteiger partial charge in [-0.3, -0.25) is 4.79 Å². The molecule has 0 spiro atoms. The Morgan fingerprint density at radius 1 is 0.973 bits per heavy atom. The van der Waals surface area contributed by atoms with E-state index in [9.17, 15) is 13.2 Å². The number of methoxy groups -OCH3 is 2. The third-order valence-corrected chi connectivity index (χ3v) is 8.88. The van der Waals surface area contributed by atoms with Crippen LogP contribution in [0.25, 0.3) is 0 Å². The van der Waals surface area contributed by atoms with E-state index < -0.39 is 10.0 Å². The summed E-state index contributed by atoms with van der Waals surface area (Å²) in [6.45, 7) is 1.87. The molecule has 8 nitrogen and oxygen atoms in total. The maximum absolute atomic E-state index is 13.5. The van der Waals surface area contributed by atoms with Crippen LogP contribution in [0.4, 0.5) is 11.4 Å². The lowest BCUT2D eigenvalue weighted by Gasteiger charge is -2.22. The Morgan fingerprint density at radius 2 is 1.70 bits per heavy atom. The number of hydrogen-bond acceptors (Lipinski definition) is 6. The Kier molecular flexibility index (Phi) is 9.32. The summed E-state index contributed by atoms with van der Waals surface area (Å²) in [4.78, 5) is 14.9. The van der Waals surface area contributed by atoms with E-state index in [-0.39, 0.29) is 17.3 Å². The van der Waals surface area contributed by atoms with Crippen LogP contribution in [0.2, 0.25) is 0 Å². The molecule has 9 heteroatoms. The first kappa shape index (κ1) is 27.3. The van der Waals surface area contributed by atoms with Crippen LogP contribution in [0.1, 0.15) is 56.9 Å². The van der Waals surface area contributed by atoms with Gasteiger partial charge in [-0.05, 0) is 67.5 Å². The smallest absolute Gasteiger partial charge is 0.242 e. The predicted molar refractivity (Wildman–Crippen MR) is 146 cm³/mol. The van der Waals surface area contributed by atoms with E-state index in [1.165, 1.54) is 25.7 Å². The van der Waals surface area contributed by atoms with Gasteiger partial charge < -0.3 is 19.7 Å². The Morgan fingerprint density at radius 3 is 2.41 bits per heavy atom. The lowest BCUT2D eigenvalue weighted by molar-refractivity contribution is -0.116. The van der Waals surface area contributed by atoms with Crippen molar-refractivity contribution in [2.24, 2.45) is 5.92 Å². The zero-order chi connectivity index (χ0) is 26.3. The van der Waals surface area contributed by atoms with E-state index in [4.69, 9.17) is 9.47 Å². The average Bonchev–Trinajstić information content (AvgIpc) is 3.62. The molecule has 202 valence electrons. The second-order valence-electron chi connectivity index (χ2n) is 9.95. The number of nitrogens with one attached hydrogen (secondary N) is 2. The van der Waals surface area contributed by atoms with Crippen molar-refractivity contribution in [2.45, 2.75) is 62.7 Å². The summed E-state index contributed by atoms with van der Waals surface area (Å²) in [6, 6.07) is 10.8. The van der Waals surface area contributed by atoms with Gasteiger partial charge in [0.1, 0.15) is 4.90 Å². The first-order chi connectivity index (χ1) is 17.9. The first-order valence-corrected chi connectivity index (χ1v) is 14.8. The molecule has 2 aliphatic rings. The van der Waals surface area contributed by atoms with Crippen molar-refractivity contribution in [3.63, 3.8) is 0 Å². The summed E-state index contributed by atoms with van der Waals surface area (Å²) in [6.07, 6.45) is 8.83. The van der Waals surface area contributed by atoms with Crippen molar-refractivity contribution >= 4 is 27.3 Å². The number of anilines is 2. The zero-order valence-corrected chi connectivity index (χ0v) is 22.7. The minimum absolute atomic E-state index is 0.0643. The Balaban J connectivity index is 1.45. The van der Waals surface area contributed by atoms with Crippen molar-refractivity contribution in [3.05, 3.63) is 42.0 Å². The third-order valence-electron chi connectivity index (χ3n) is 7.39. The molecule has 2 N–H and O–H groups in total. The third kappa shape index (κ3) is 7.17. The van der Waals surface area contributed by atoms with Gasteiger partial charge in [-0.15, -0.1) is 0 Å². The largest absolute Gasteiger partial charge is 0.493 e. The summed E-state index contributed by atoms with van der Waals surface area (Å²) in [5.41, 5.74) is 2.13. The van der Waals surface area contributed by atoms with Crippen LogP contribution in [-0.2, 0) is 21.2 Å². The molecular weight excluding hydrogens is 490 g/mol. The molecule has 1 aliphatic carbocycles. The number of hydrogen-bond donors (Lipinski definition) is 2. The molecule has 1 heterocycles. The highest BCUT2D eigenvalue weighted by atomic mass is 32.2. The molecule has 0 radical (unpaired) electrons. The summed E-state index contributed by atoms with van der Waals surface area (Å²) in [5, 5.41) is 2.93. The quantitative estimate of drug-likeness (QED) is 0.413. The van der Waals surface area contributed by atoms with Crippen molar-refractivity contribution in [3.8, 4) is 11.5 Å². The lowest BCUT2D eigenvalue weighted by atomic mass is 10.0. The van der Waals surface area contributed by atoms with E-state index in [1.54, 1.807) is 20.3 Å². The van der Waals surface area contributed by atoms with Gasteiger partial charge in [-0.25, -0.2) is 13.1 Å². The molecule has 1 aliphatic heterocycles. The first-order valence-electron chi connectivity index (χ1n) is 13.3. The number of amides is 1. The summed E-state index contributed by atoms with van der Waals surface area (Å²) < 4.78 is 40.3. The monoisotopic (exact) mass is 529 g/mol. The van der Waals surface area contributed by atoms with Crippen molar-refractivity contribution in [1.82, 2.24) is 4.72 Å². The SMILES string of the molecule is COc1ccc(CCNS(=O)(=O)c2cc(NC(=O)CCC3CCCC3)ccc2N2CCCC2)cc1OC. The molecule has 1 saturated heterocycles. The lowest BCUT2D eigenvalue weighted by Crippen LogP contribution is -2.29. The molecule has 4 rings (SSSR count). The number of rotatable bonds is 12. The second kappa shape index (κ2) is 12.6. The molecule has 2 aromatic carbocycles. The van der Waals surface area contributed by atoms with Crippen LogP contribution in [0, 0.1) is 5.92 Å². The van der Waals surface area contributed by atoms with Crippen molar-refractivity contribution in [1.29, 1.82) is 0 Å². The molecule has 1 amide bonds. The Labute approximate surface area is 220 Å². The molecule has 1 saturated carbocycles. The molecule has 0 atom stereocenters. The van der Waals surface area contributed by atoms with Crippen LogP contribution >= 0.6 is 0 Å². The predicted octanol–water partition coefficient (Wildman–Crippen LogP) is 4.73. The van der Waals surface area contributed by atoms with Crippen LogP contribution in [-0.4, -0.2) is 48.2 Å². The summed E-state index contributed by atoms with van der Waals surface area (Å²) >= 11 is 0. The normalized spacial score (nSPS) is 16.2. The topological polar surface area (TPSA) is 97.0 Å². The van der Waals surface area contributed by atoms with Crippen LogP contribution < -0.4 is 24.4 Å². The van der Waals surface area contributed by atoms with E-state index in [0.717, 1.165) is 37.9 Å². The average molecular weight is 530 g/mol. The minimum atomic E-state index is -3.81. The number of carbonyl (C=O) groups is 1. The van der Waals surface area contributed by atoms with Crippen LogP contribution in [0.5, 0.6) is 11.5 Å². The van der Waals surface area contributed by atoms with Gasteiger partial charge in [0.2, 0.25) is 15.9 Å². The van der Waals surface area contributed by atoms with E-state index >= 15 is 0 Å². The van der Waals surface area contributed by atoms with Gasteiger partial charge in [0.25, 0.3) is 0 Å². The summed E-state index contributed by atoms with van der Waals surface area (Å²) in [5.74, 6) is 1.81. The van der Waals surface area contributed by atoms with Crippen LogP contribution in [0.3, 0.4) is 0 Å². The maximum atomic E-state index is 13.5. The summed E-state index contributed by atoms with van der Waals surface area (Å²) in [7, 11) is -0.656. The highest BCUT2D eigenvalue weighted by Gasteiger charge is 2.25. The standard InChI is InChI=1S/C28H39N3O5S/c1-35-25-13-9-22(19-26(25)36-2)15-16-29-37(33,34)27-20-23(11-12-24(27)31-17-5-6-18-31)30-28(32)14-10-21-7-3-4-8-21/h9,11-13,19-21,29H,3-8,10,14-18H2,1-2H3,(H,30,32). The number of sulfonamides is 1. The molecule has 2 aromatic rings. The van der Waals surface area contributed by atoms with Crippen molar-refractivity contribution < 1.29 is 22.7 Å². The van der Waals surface area contributed by atoms with Gasteiger partial charge >= 0.3 is 0 Å². The van der Waals surface area contributed by atoms with Gasteiger partial charge in [0, 0.05) is 31.7 Å². The molecule has 2 fully saturated rings. The number of ether oxygens (including phenoxy) is 2.